The molecule has 3 rings (SSSR count). The Labute approximate surface area is 148 Å². The highest BCUT2D eigenvalue weighted by Gasteiger charge is 2.11. The van der Waals surface area contributed by atoms with E-state index in [9.17, 15) is 19.2 Å². The zero-order valence-corrected chi connectivity index (χ0v) is 14.5. The number of carbonyl (C=O) groups excluding carboxylic acids is 2. The number of hydrogen-bond donors (Lipinski definition) is 3. The van der Waals surface area contributed by atoms with Gasteiger partial charge in [0.2, 0.25) is 5.91 Å². The summed E-state index contributed by atoms with van der Waals surface area (Å²) in [5.41, 5.74) is 0.243. The fourth-order valence-corrected chi connectivity index (χ4v) is 3.81. The van der Waals surface area contributed by atoms with Crippen molar-refractivity contribution >= 4 is 50.8 Å². The molecule has 2 aromatic heterocycles. The second-order valence-electron chi connectivity index (χ2n) is 5.04. The first-order chi connectivity index (χ1) is 11.9. The smallest absolute Gasteiger partial charge is 0.325 e. The molecule has 2 heterocycles. The van der Waals surface area contributed by atoms with E-state index >= 15 is 0 Å². The van der Waals surface area contributed by atoms with Crippen LogP contribution >= 0.6 is 23.1 Å². The molecular formula is C15H12N4O4S2. The van der Waals surface area contributed by atoms with Crippen molar-refractivity contribution in [2.24, 2.45) is 0 Å². The van der Waals surface area contributed by atoms with E-state index in [0.717, 1.165) is 23.1 Å². The molecule has 0 radical (unpaired) electrons. The number of aromatic nitrogens is 3. The number of nitrogens with zero attached hydrogens (tertiary/aromatic N) is 1. The molecule has 0 saturated heterocycles. The number of carbonyl (C=O) groups is 2. The number of Topliss-reactive ketones (excluding diaryl/α,β-unsaturated/α-hetero) is 1. The molecule has 0 aliphatic carbocycles. The normalized spacial score (nSPS) is 10.8. The molecule has 0 unspecified atom stereocenters. The Balaban J connectivity index is 1.64. The van der Waals surface area contributed by atoms with Crippen LogP contribution in [0, 0.1) is 0 Å². The van der Waals surface area contributed by atoms with Crippen molar-refractivity contribution in [2.45, 2.75) is 11.3 Å². The van der Waals surface area contributed by atoms with Crippen LogP contribution in [0.2, 0.25) is 0 Å². The molecule has 1 amide bonds. The van der Waals surface area contributed by atoms with Crippen LogP contribution in [0.4, 0.5) is 5.69 Å². The van der Waals surface area contributed by atoms with Crippen LogP contribution < -0.4 is 16.6 Å². The third-order valence-electron chi connectivity index (χ3n) is 3.17. The summed E-state index contributed by atoms with van der Waals surface area (Å²) >= 11 is 2.27. The molecule has 1 aromatic carbocycles. The third-order valence-corrected chi connectivity index (χ3v) is 5.37. The number of ketones is 1. The van der Waals surface area contributed by atoms with Crippen molar-refractivity contribution in [1.29, 1.82) is 0 Å². The van der Waals surface area contributed by atoms with E-state index in [1.54, 1.807) is 24.3 Å². The zero-order valence-electron chi connectivity index (χ0n) is 12.9. The van der Waals surface area contributed by atoms with Gasteiger partial charge in [-0.3, -0.25) is 24.4 Å². The SMILES string of the molecule is CC(=O)c1ccc(NC(=O)CSc2nc3[nH]c(=O)[nH]c(=O)c3s2)cc1. The number of H-pyrrole nitrogens is 2. The number of nitrogens with one attached hydrogen (secondary N) is 3. The maximum Gasteiger partial charge on any atom is 0.327 e. The van der Waals surface area contributed by atoms with Crippen molar-refractivity contribution in [3.8, 4) is 0 Å². The van der Waals surface area contributed by atoms with Gasteiger partial charge in [-0.1, -0.05) is 11.8 Å². The van der Waals surface area contributed by atoms with Gasteiger partial charge in [0.15, 0.2) is 15.8 Å². The highest BCUT2D eigenvalue weighted by atomic mass is 32.2. The van der Waals surface area contributed by atoms with Crippen LogP contribution in [0.15, 0.2) is 38.2 Å². The average molecular weight is 376 g/mol. The second-order valence-corrected chi connectivity index (χ2v) is 7.26. The molecule has 3 N–H and O–H groups in total. The van der Waals surface area contributed by atoms with Crippen molar-refractivity contribution < 1.29 is 9.59 Å². The maximum atomic E-state index is 12.0. The monoisotopic (exact) mass is 376 g/mol. The lowest BCUT2D eigenvalue weighted by molar-refractivity contribution is -0.113. The van der Waals surface area contributed by atoms with Crippen LogP contribution in [-0.4, -0.2) is 32.4 Å². The Morgan fingerprint density at radius 2 is 1.92 bits per heavy atom. The summed E-state index contributed by atoms with van der Waals surface area (Å²) in [5, 5.41) is 2.71. The van der Waals surface area contributed by atoms with E-state index in [1.165, 1.54) is 6.92 Å². The Hall–Kier alpha value is -2.72. The molecule has 0 atom stereocenters. The summed E-state index contributed by atoms with van der Waals surface area (Å²) in [6.45, 7) is 1.47. The molecule has 8 nitrogen and oxygen atoms in total. The average Bonchev–Trinajstić information content (AvgIpc) is 2.97. The molecule has 25 heavy (non-hydrogen) atoms. The van der Waals surface area contributed by atoms with Crippen molar-refractivity contribution in [1.82, 2.24) is 15.0 Å². The number of hydrogen-bond acceptors (Lipinski definition) is 7. The number of rotatable bonds is 5. The number of fused-ring (bicyclic) bond motifs is 1. The fraction of sp³-hybridized carbons (Fsp3) is 0.133. The number of benzene rings is 1. The maximum absolute atomic E-state index is 12.0. The van der Waals surface area contributed by atoms with E-state index in [4.69, 9.17) is 0 Å². The summed E-state index contributed by atoms with van der Waals surface area (Å²) in [6, 6.07) is 6.59. The van der Waals surface area contributed by atoms with Gasteiger partial charge in [-0.2, -0.15) is 0 Å². The van der Waals surface area contributed by atoms with Gasteiger partial charge < -0.3 is 5.32 Å². The first kappa shape index (κ1) is 17.1. The van der Waals surface area contributed by atoms with E-state index in [0.29, 0.717) is 20.3 Å². The first-order valence-electron chi connectivity index (χ1n) is 7.09. The lowest BCUT2D eigenvalue weighted by Gasteiger charge is -2.04. The van der Waals surface area contributed by atoms with Gasteiger partial charge in [0.25, 0.3) is 5.56 Å². The number of aromatic amines is 2. The minimum atomic E-state index is -0.619. The standard InChI is InChI=1S/C15H12N4O4S2/c1-7(20)8-2-4-9(5-3-8)16-10(21)6-24-15-18-12-11(25-15)13(22)19-14(23)17-12/h2-5H,6H2,1H3,(H,16,21)(H2,17,19,22,23). The van der Waals surface area contributed by atoms with Crippen molar-refractivity contribution in [3.05, 3.63) is 50.7 Å². The van der Waals surface area contributed by atoms with Crippen LogP contribution in [0.1, 0.15) is 17.3 Å². The Morgan fingerprint density at radius 3 is 2.60 bits per heavy atom. The zero-order chi connectivity index (χ0) is 18.0. The summed E-state index contributed by atoms with van der Waals surface area (Å²) in [5.74, 6) is -0.198. The highest BCUT2D eigenvalue weighted by molar-refractivity contribution is 8.01. The molecule has 0 fully saturated rings. The number of thiazole rings is 1. The molecule has 0 bridgehead atoms. The topological polar surface area (TPSA) is 125 Å². The fourth-order valence-electron chi connectivity index (χ4n) is 2.01. The molecule has 0 spiro atoms. The summed E-state index contributed by atoms with van der Waals surface area (Å²) in [6.07, 6.45) is 0. The summed E-state index contributed by atoms with van der Waals surface area (Å²) in [7, 11) is 0. The molecular weight excluding hydrogens is 364 g/mol. The quantitative estimate of drug-likeness (QED) is 0.459. The van der Waals surface area contributed by atoms with E-state index < -0.39 is 11.2 Å². The molecule has 3 aromatic rings. The minimum Gasteiger partial charge on any atom is -0.325 e. The summed E-state index contributed by atoms with van der Waals surface area (Å²) < 4.78 is 0.812. The number of thioether (sulfide) groups is 1. The van der Waals surface area contributed by atoms with Gasteiger partial charge in [0, 0.05) is 11.3 Å². The van der Waals surface area contributed by atoms with Gasteiger partial charge in [-0.25, -0.2) is 9.78 Å². The van der Waals surface area contributed by atoms with E-state index in [-0.39, 0.29) is 23.1 Å². The predicted molar refractivity (Wildman–Crippen MR) is 96.7 cm³/mol. The van der Waals surface area contributed by atoms with Crippen LogP contribution in [-0.2, 0) is 4.79 Å². The lowest BCUT2D eigenvalue weighted by atomic mass is 10.1. The van der Waals surface area contributed by atoms with Crippen LogP contribution in [0.5, 0.6) is 0 Å². The third kappa shape index (κ3) is 4.03. The van der Waals surface area contributed by atoms with Crippen LogP contribution in [0.25, 0.3) is 10.3 Å². The van der Waals surface area contributed by atoms with Crippen molar-refractivity contribution in [2.75, 3.05) is 11.1 Å². The lowest BCUT2D eigenvalue weighted by Crippen LogP contribution is -2.20. The Kier molecular flexibility index (Phi) is 4.81. The molecule has 0 saturated carbocycles. The molecule has 10 heteroatoms. The summed E-state index contributed by atoms with van der Waals surface area (Å²) in [4.78, 5) is 54.8. The van der Waals surface area contributed by atoms with Crippen molar-refractivity contribution in [3.63, 3.8) is 0 Å². The largest absolute Gasteiger partial charge is 0.327 e. The molecule has 0 aliphatic rings. The van der Waals surface area contributed by atoms with Gasteiger partial charge in [-0.15, -0.1) is 11.3 Å². The van der Waals surface area contributed by atoms with Crippen LogP contribution in [0.3, 0.4) is 0 Å². The minimum absolute atomic E-state index is 0.0442. The first-order valence-corrected chi connectivity index (χ1v) is 8.89. The predicted octanol–water partition coefficient (Wildman–Crippen LogP) is 1.61. The second kappa shape index (κ2) is 7.03. The van der Waals surface area contributed by atoms with Gasteiger partial charge in [-0.05, 0) is 31.2 Å². The highest BCUT2D eigenvalue weighted by Crippen LogP contribution is 2.26. The number of anilines is 1. The Morgan fingerprint density at radius 1 is 1.20 bits per heavy atom. The Bertz CT molecular complexity index is 1070. The van der Waals surface area contributed by atoms with Gasteiger partial charge >= 0.3 is 5.69 Å². The van der Waals surface area contributed by atoms with Gasteiger partial charge in [0.05, 0.1) is 5.75 Å². The van der Waals surface area contributed by atoms with Gasteiger partial charge in [0.1, 0.15) is 4.70 Å². The molecule has 0 aliphatic heterocycles. The number of amides is 1. The van der Waals surface area contributed by atoms with E-state index in [1.807, 2.05) is 0 Å². The molecule has 128 valence electrons. The van der Waals surface area contributed by atoms with E-state index in [2.05, 4.69) is 20.3 Å².